The van der Waals surface area contributed by atoms with Crippen molar-refractivity contribution in [3.8, 4) is 11.5 Å². The highest BCUT2D eigenvalue weighted by Gasteiger charge is 2.06. The van der Waals surface area contributed by atoms with Crippen molar-refractivity contribution in [2.75, 3.05) is 14.2 Å². The largest absolute Gasteiger partial charge is 0.508 e. The summed E-state index contributed by atoms with van der Waals surface area (Å²) in [6, 6.07) is 4.37. The Labute approximate surface area is 76.1 Å². The van der Waals surface area contributed by atoms with Gasteiger partial charge in [-0.25, -0.2) is 0 Å². The second kappa shape index (κ2) is 3.80. The SMILES string of the molecule is CNC(=O)c1cc(O)cc(OC)c1. The van der Waals surface area contributed by atoms with Gasteiger partial charge in [-0.05, 0) is 12.1 Å². The summed E-state index contributed by atoms with van der Waals surface area (Å²) in [7, 11) is 3.00. The van der Waals surface area contributed by atoms with Crippen LogP contribution in [-0.4, -0.2) is 25.2 Å². The molecule has 0 bridgehead atoms. The summed E-state index contributed by atoms with van der Waals surface area (Å²) in [5, 5.41) is 11.7. The molecule has 0 aliphatic heterocycles. The Bertz CT molecular complexity index is 323. The summed E-state index contributed by atoms with van der Waals surface area (Å²) in [5.74, 6) is 0.214. The summed E-state index contributed by atoms with van der Waals surface area (Å²) in [5.41, 5.74) is 0.374. The lowest BCUT2D eigenvalue weighted by Crippen LogP contribution is -2.17. The van der Waals surface area contributed by atoms with E-state index in [0.29, 0.717) is 11.3 Å². The lowest BCUT2D eigenvalue weighted by Gasteiger charge is -2.04. The third-order valence-electron chi connectivity index (χ3n) is 1.62. The normalized spacial score (nSPS) is 9.38. The number of carbonyl (C=O) groups is 1. The van der Waals surface area contributed by atoms with Crippen molar-refractivity contribution in [3.05, 3.63) is 23.8 Å². The monoisotopic (exact) mass is 181 g/mol. The quantitative estimate of drug-likeness (QED) is 0.708. The first-order valence-electron chi connectivity index (χ1n) is 3.77. The van der Waals surface area contributed by atoms with E-state index in [1.165, 1.54) is 26.3 Å². The molecule has 0 atom stereocenters. The van der Waals surface area contributed by atoms with Crippen molar-refractivity contribution in [1.29, 1.82) is 0 Å². The number of benzene rings is 1. The Balaban J connectivity index is 3.08. The Morgan fingerprint density at radius 1 is 1.46 bits per heavy atom. The fourth-order valence-corrected chi connectivity index (χ4v) is 0.977. The van der Waals surface area contributed by atoms with Crippen LogP contribution in [0.1, 0.15) is 10.4 Å². The average molecular weight is 181 g/mol. The smallest absolute Gasteiger partial charge is 0.251 e. The first kappa shape index (κ1) is 9.38. The highest BCUT2D eigenvalue weighted by Crippen LogP contribution is 2.21. The predicted octanol–water partition coefficient (Wildman–Crippen LogP) is 0.760. The standard InChI is InChI=1S/C9H11NO3/c1-10-9(12)6-3-7(11)5-8(4-6)13-2/h3-5,11H,1-2H3,(H,10,12). The first-order chi connectivity index (χ1) is 6.17. The zero-order chi connectivity index (χ0) is 9.84. The number of ether oxygens (including phenoxy) is 1. The summed E-state index contributed by atoms with van der Waals surface area (Å²) in [6.07, 6.45) is 0. The average Bonchev–Trinajstić information content (AvgIpc) is 2.15. The van der Waals surface area contributed by atoms with Crippen molar-refractivity contribution in [1.82, 2.24) is 5.32 Å². The van der Waals surface area contributed by atoms with Gasteiger partial charge in [-0.3, -0.25) is 4.79 Å². The van der Waals surface area contributed by atoms with E-state index < -0.39 is 0 Å². The number of methoxy groups -OCH3 is 1. The van der Waals surface area contributed by atoms with Crippen LogP contribution in [0.2, 0.25) is 0 Å². The van der Waals surface area contributed by atoms with E-state index in [-0.39, 0.29) is 11.7 Å². The summed E-state index contributed by atoms with van der Waals surface area (Å²) < 4.78 is 4.89. The molecule has 0 heterocycles. The lowest BCUT2D eigenvalue weighted by atomic mass is 10.2. The Morgan fingerprint density at radius 2 is 2.15 bits per heavy atom. The molecule has 2 N–H and O–H groups in total. The molecule has 4 heteroatoms. The molecule has 0 aliphatic rings. The topological polar surface area (TPSA) is 58.6 Å². The van der Waals surface area contributed by atoms with E-state index >= 15 is 0 Å². The number of hydrogen-bond donors (Lipinski definition) is 2. The van der Waals surface area contributed by atoms with Crippen LogP contribution >= 0.6 is 0 Å². The van der Waals surface area contributed by atoms with Crippen LogP contribution in [-0.2, 0) is 0 Å². The van der Waals surface area contributed by atoms with Crippen LogP contribution < -0.4 is 10.1 Å². The van der Waals surface area contributed by atoms with Gasteiger partial charge in [-0.2, -0.15) is 0 Å². The number of rotatable bonds is 2. The van der Waals surface area contributed by atoms with Gasteiger partial charge in [-0.1, -0.05) is 0 Å². The molecular formula is C9H11NO3. The maximum atomic E-state index is 11.2. The van der Waals surface area contributed by atoms with E-state index in [0.717, 1.165) is 0 Å². The maximum Gasteiger partial charge on any atom is 0.251 e. The molecule has 0 saturated heterocycles. The number of phenolic OH excluding ortho intramolecular Hbond substituents is 1. The van der Waals surface area contributed by atoms with Crippen molar-refractivity contribution in [3.63, 3.8) is 0 Å². The molecule has 4 nitrogen and oxygen atoms in total. The van der Waals surface area contributed by atoms with E-state index in [2.05, 4.69) is 5.32 Å². The van der Waals surface area contributed by atoms with Crippen molar-refractivity contribution in [2.24, 2.45) is 0 Å². The fourth-order valence-electron chi connectivity index (χ4n) is 0.977. The van der Waals surface area contributed by atoms with Gasteiger partial charge >= 0.3 is 0 Å². The molecule has 1 aromatic rings. The van der Waals surface area contributed by atoms with E-state index in [9.17, 15) is 9.90 Å². The number of phenols is 1. The number of nitrogens with one attached hydrogen (secondary N) is 1. The molecule has 0 fully saturated rings. The predicted molar refractivity (Wildman–Crippen MR) is 48.0 cm³/mol. The van der Waals surface area contributed by atoms with Crippen LogP contribution in [0.25, 0.3) is 0 Å². The second-order valence-electron chi connectivity index (χ2n) is 2.50. The molecule has 1 rings (SSSR count). The Morgan fingerprint density at radius 3 is 2.69 bits per heavy atom. The van der Waals surface area contributed by atoms with Gasteiger partial charge < -0.3 is 15.2 Å². The minimum absolute atomic E-state index is 0.0120. The lowest BCUT2D eigenvalue weighted by molar-refractivity contribution is 0.0962. The minimum atomic E-state index is -0.255. The number of carbonyl (C=O) groups excluding carboxylic acids is 1. The van der Waals surface area contributed by atoms with Crippen molar-refractivity contribution in [2.45, 2.75) is 0 Å². The number of aromatic hydroxyl groups is 1. The van der Waals surface area contributed by atoms with E-state index in [4.69, 9.17) is 4.74 Å². The number of hydrogen-bond acceptors (Lipinski definition) is 3. The van der Waals surface area contributed by atoms with Crippen LogP contribution in [0, 0.1) is 0 Å². The minimum Gasteiger partial charge on any atom is -0.508 e. The van der Waals surface area contributed by atoms with Gasteiger partial charge in [0.1, 0.15) is 11.5 Å². The number of amides is 1. The van der Waals surface area contributed by atoms with Gasteiger partial charge in [0.15, 0.2) is 0 Å². The van der Waals surface area contributed by atoms with Crippen LogP contribution in [0.4, 0.5) is 0 Å². The molecule has 1 aromatic carbocycles. The molecule has 0 radical (unpaired) electrons. The highest BCUT2D eigenvalue weighted by atomic mass is 16.5. The summed E-state index contributed by atoms with van der Waals surface area (Å²) >= 11 is 0. The van der Waals surface area contributed by atoms with Crippen molar-refractivity contribution < 1.29 is 14.6 Å². The van der Waals surface area contributed by atoms with Gasteiger partial charge in [0.25, 0.3) is 5.91 Å². The molecule has 1 amide bonds. The summed E-state index contributed by atoms with van der Waals surface area (Å²) in [4.78, 5) is 11.2. The molecule has 0 unspecified atom stereocenters. The van der Waals surface area contributed by atoms with E-state index in [1.807, 2.05) is 0 Å². The molecule has 0 aromatic heterocycles. The molecule has 0 spiro atoms. The fraction of sp³-hybridized carbons (Fsp3) is 0.222. The summed E-state index contributed by atoms with van der Waals surface area (Å²) in [6.45, 7) is 0. The third kappa shape index (κ3) is 2.11. The van der Waals surface area contributed by atoms with Crippen LogP contribution in [0.15, 0.2) is 18.2 Å². The van der Waals surface area contributed by atoms with Gasteiger partial charge in [0.2, 0.25) is 0 Å². The van der Waals surface area contributed by atoms with Gasteiger partial charge in [0.05, 0.1) is 7.11 Å². The molecular weight excluding hydrogens is 170 g/mol. The molecule has 70 valence electrons. The Kier molecular flexibility index (Phi) is 2.74. The first-order valence-corrected chi connectivity index (χ1v) is 3.77. The maximum absolute atomic E-state index is 11.2. The molecule has 0 saturated carbocycles. The molecule has 0 aliphatic carbocycles. The second-order valence-corrected chi connectivity index (χ2v) is 2.50. The van der Waals surface area contributed by atoms with E-state index in [1.54, 1.807) is 6.07 Å². The Hall–Kier alpha value is -1.71. The zero-order valence-electron chi connectivity index (χ0n) is 7.50. The third-order valence-corrected chi connectivity index (χ3v) is 1.62. The highest BCUT2D eigenvalue weighted by molar-refractivity contribution is 5.94. The molecule has 13 heavy (non-hydrogen) atoms. The van der Waals surface area contributed by atoms with Gasteiger partial charge in [-0.15, -0.1) is 0 Å². The van der Waals surface area contributed by atoms with Crippen molar-refractivity contribution >= 4 is 5.91 Å². The van der Waals surface area contributed by atoms with Gasteiger partial charge in [0, 0.05) is 18.7 Å². The van der Waals surface area contributed by atoms with Crippen LogP contribution in [0.3, 0.4) is 0 Å². The zero-order valence-corrected chi connectivity index (χ0v) is 7.50. The van der Waals surface area contributed by atoms with Crippen LogP contribution in [0.5, 0.6) is 11.5 Å².